The fourth-order valence-electron chi connectivity index (χ4n) is 2.32. The number of carbonyl (C=O) groups excluding carboxylic acids is 1. The number of rotatable bonds is 7. The summed E-state index contributed by atoms with van der Waals surface area (Å²) in [6, 6.07) is 6.13. The zero-order valence-corrected chi connectivity index (χ0v) is 12.0. The lowest BCUT2D eigenvalue weighted by molar-refractivity contribution is -0.384. The average Bonchev–Trinajstić information content (AvgIpc) is 2.49. The maximum Gasteiger partial charge on any atom is 0.269 e. The first-order chi connectivity index (χ1) is 10.1. The van der Waals surface area contributed by atoms with Crippen LogP contribution >= 0.6 is 0 Å². The SMILES string of the molecule is O=C1CCN(CCCCOc2ccc([N+](=O)[O-])cc2)CC1. The summed E-state index contributed by atoms with van der Waals surface area (Å²) < 4.78 is 5.55. The average molecular weight is 292 g/mol. The van der Waals surface area contributed by atoms with Crippen LogP contribution in [0.2, 0.25) is 0 Å². The smallest absolute Gasteiger partial charge is 0.269 e. The molecule has 0 aromatic heterocycles. The summed E-state index contributed by atoms with van der Waals surface area (Å²) in [7, 11) is 0. The van der Waals surface area contributed by atoms with Gasteiger partial charge < -0.3 is 9.64 Å². The lowest BCUT2D eigenvalue weighted by atomic mass is 10.1. The van der Waals surface area contributed by atoms with E-state index in [4.69, 9.17) is 4.74 Å². The van der Waals surface area contributed by atoms with Gasteiger partial charge in [-0.15, -0.1) is 0 Å². The minimum atomic E-state index is -0.423. The third kappa shape index (κ3) is 5.15. The van der Waals surface area contributed by atoms with Crippen LogP contribution in [-0.4, -0.2) is 41.8 Å². The summed E-state index contributed by atoms with van der Waals surface area (Å²) >= 11 is 0. The summed E-state index contributed by atoms with van der Waals surface area (Å²) in [5, 5.41) is 10.5. The molecule has 0 spiro atoms. The molecule has 1 aromatic rings. The summed E-state index contributed by atoms with van der Waals surface area (Å²) in [5.41, 5.74) is 0.0713. The lowest BCUT2D eigenvalue weighted by Gasteiger charge is -2.25. The number of piperidine rings is 1. The molecule has 0 atom stereocenters. The van der Waals surface area contributed by atoms with Crippen molar-refractivity contribution in [1.29, 1.82) is 0 Å². The monoisotopic (exact) mass is 292 g/mol. The Bertz CT molecular complexity index is 477. The van der Waals surface area contributed by atoms with Crippen LogP contribution in [0.4, 0.5) is 5.69 Å². The van der Waals surface area contributed by atoms with Crippen molar-refractivity contribution >= 4 is 11.5 Å². The molecule has 1 saturated heterocycles. The number of carbonyl (C=O) groups is 1. The van der Waals surface area contributed by atoms with Gasteiger partial charge in [0.1, 0.15) is 11.5 Å². The molecule has 0 amide bonds. The first-order valence-electron chi connectivity index (χ1n) is 7.26. The molecule has 6 nitrogen and oxygen atoms in total. The number of unbranched alkanes of at least 4 members (excludes halogenated alkanes) is 1. The topological polar surface area (TPSA) is 72.7 Å². The molecule has 0 saturated carbocycles. The maximum absolute atomic E-state index is 11.1. The van der Waals surface area contributed by atoms with E-state index in [9.17, 15) is 14.9 Å². The van der Waals surface area contributed by atoms with Gasteiger partial charge >= 0.3 is 0 Å². The predicted octanol–water partition coefficient (Wildman–Crippen LogP) is 2.42. The molecule has 114 valence electrons. The molecule has 0 unspecified atom stereocenters. The van der Waals surface area contributed by atoms with E-state index in [1.807, 2.05) is 0 Å². The zero-order chi connectivity index (χ0) is 15.1. The number of ether oxygens (including phenoxy) is 1. The van der Waals surface area contributed by atoms with E-state index in [0.29, 0.717) is 31.0 Å². The predicted molar refractivity (Wildman–Crippen MR) is 78.5 cm³/mol. The summed E-state index contributed by atoms with van der Waals surface area (Å²) in [5.74, 6) is 1.02. The molecule has 1 aliphatic rings. The molecule has 0 radical (unpaired) electrons. The normalized spacial score (nSPS) is 15.9. The van der Waals surface area contributed by atoms with Gasteiger partial charge in [0, 0.05) is 38.1 Å². The van der Waals surface area contributed by atoms with E-state index in [0.717, 1.165) is 32.5 Å². The Morgan fingerprint density at radius 1 is 1.14 bits per heavy atom. The van der Waals surface area contributed by atoms with E-state index < -0.39 is 4.92 Å². The Morgan fingerprint density at radius 2 is 1.81 bits per heavy atom. The molecular formula is C15H20N2O4. The highest BCUT2D eigenvalue weighted by atomic mass is 16.6. The van der Waals surface area contributed by atoms with Gasteiger partial charge in [-0.25, -0.2) is 0 Å². The number of ketones is 1. The minimum absolute atomic E-state index is 0.0713. The Labute approximate surface area is 123 Å². The Kier molecular flexibility index (Phi) is 5.68. The van der Waals surface area contributed by atoms with Crippen LogP contribution in [0, 0.1) is 10.1 Å². The van der Waals surface area contributed by atoms with E-state index in [1.165, 1.54) is 12.1 Å². The standard InChI is InChI=1S/C15H20N2O4/c18-14-7-10-16(11-8-14)9-1-2-12-21-15-5-3-13(4-6-15)17(19)20/h3-6H,1-2,7-12H2. The van der Waals surface area contributed by atoms with Crippen molar-refractivity contribution in [2.24, 2.45) is 0 Å². The molecule has 0 bridgehead atoms. The van der Waals surface area contributed by atoms with Gasteiger partial charge in [-0.3, -0.25) is 14.9 Å². The molecule has 6 heteroatoms. The van der Waals surface area contributed by atoms with Crippen LogP contribution in [-0.2, 0) is 4.79 Å². The number of nitro groups is 1. The second-order valence-electron chi connectivity index (χ2n) is 5.19. The molecule has 0 aliphatic carbocycles. The van der Waals surface area contributed by atoms with Crippen molar-refractivity contribution < 1.29 is 14.5 Å². The Balaban J connectivity index is 1.59. The van der Waals surface area contributed by atoms with E-state index in [-0.39, 0.29) is 5.69 Å². The van der Waals surface area contributed by atoms with Gasteiger partial charge in [0.05, 0.1) is 11.5 Å². The molecule has 1 heterocycles. The quantitative estimate of drug-likeness (QED) is 0.438. The first kappa shape index (κ1) is 15.4. The number of likely N-dealkylation sites (tertiary alicyclic amines) is 1. The third-order valence-electron chi connectivity index (χ3n) is 3.60. The molecular weight excluding hydrogens is 272 g/mol. The highest BCUT2D eigenvalue weighted by molar-refractivity contribution is 5.79. The van der Waals surface area contributed by atoms with Crippen molar-refractivity contribution in [3.05, 3.63) is 34.4 Å². The fraction of sp³-hybridized carbons (Fsp3) is 0.533. The zero-order valence-electron chi connectivity index (χ0n) is 12.0. The van der Waals surface area contributed by atoms with Gasteiger partial charge in [-0.1, -0.05) is 0 Å². The van der Waals surface area contributed by atoms with Crippen molar-refractivity contribution in [3.8, 4) is 5.75 Å². The van der Waals surface area contributed by atoms with Gasteiger partial charge in [0.25, 0.3) is 5.69 Å². The molecule has 1 aliphatic heterocycles. The van der Waals surface area contributed by atoms with Crippen LogP contribution in [0.25, 0.3) is 0 Å². The van der Waals surface area contributed by atoms with Crippen LogP contribution in [0.5, 0.6) is 5.75 Å². The van der Waals surface area contributed by atoms with Crippen molar-refractivity contribution in [2.75, 3.05) is 26.2 Å². The van der Waals surface area contributed by atoms with Gasteiger partial charge in [0.2, 0.25) is 0 Å². The van der Waals surface area contributed by atoms with Crippen LogP contribution in [0.3, 0.4) is 0 Å². The summed E-state index contributed by atoms with van der Waals surface area (Å²) in [6.07, 6.45) is 3.32. The molecule has 0 N–H and O–H groups in total. The van der Waals surface area contributed by atoms with Crippen LogP contribution in [0.15, 0.2) is 24.3 Å². The van der Waals surface area contributed by atoms with Gasteiger partial charge in [0.15, 0.2) is 0 Å². The van der Waals surface area contributed by atoms with Crippen molar-refractivity contribution in [2.45, 2.75) is 25.7 Å². The fourth-order valence-corrected chi connectivity index (χ4v) is 2.32. The second kappa shape index (κ2) is 7.73. The first-order valence-corrected chi connectivity index (χ1v) is 7.26. The van der Waals surface area contributed by atoms with Crippen molar-refractivity contribution in [3.63, 3.8) is 0 Å². The van der Waals surface area contributed by atoms with Gasteiger partial charge in [-0.05, 0) is 31.5 Å². The number of nitro benzene ring substituents is 1. The van der Waals surface area contributed by atoms with Crippen LogP contribution in [0.1, 0.15) is 25.7 Å². The number of non-ortho nitro benzene ring substituents is 1. The lowest BCUT2D eigenvalue weighted by Crippen LogP contribution is -2.34. The highest BCUT2D eigenvalue weighted by Gasteiger charge is 2.15. The second-order valence-corrected chi connectivity index (χ2v) is 5.19. The maximum atomic E-state index is 11.1. The third-order valence-corrected chi connectivity index (χ3v) is 3.60. The minimum Gasteiger partial charge on any atom is -0.494 e. The molecule has 1 aromatic carbocycles. The number of Topliss-reactive ketones (excluding diaryl/α,β-unsaturated/α-hetero) is 1. The number of hydrogen-bond donors (Lipinski definition) is 0. The molecule has 21 heavy (non-hydrogen) atoms. The molecule has 1 fully saturated rings. The number of benzene rings is 1. The molecule has 2 rings (SSSR count). The van der Waals surface area contributed by atoms with E-state index in [1.54, 1.807) is 12.1 Å². The number of hydrogen-bond acceptors (Lipinski definition) is 5. The van der Waals surface area contributed by atoms with Gasteiger partial charge in [-0.2, -0.15) is 0 Å². The highest BCUT2D eigenvalue weighted by Crippen LogP contribution is 2.17. The van der Waals surface area contributed by atoms with Crippen molar-refractivity contribution in [1.82, 2.24) is 4.90 Å². The largest absolute Gasteiger partial charge is 0.494 e. The summed E-state index contributed by atoms with van der Waals surface area (Å²) in [4.78, 5) is 23.5. The van der Waals surface area contributed by atoms with E-state index >= 15 is 0 Å². The Hall–Kier alpha value is -1.95. The van der Waals surface area contributed by atoms with E-state index in [2.05, 4.69) is 4.90 Å². The Morgan fingerprint density at radius 3 is 2.43 bits per heavy atom. The van der Waals surface area contributed by atoms with Crippen LogP contribution < -0.4 is 4.74 Å². The summed E-state index contributed by atoms with van der Waals surface area (Å²) in [6.45, 7) is 3.35. The number of nitrogens with zero attached hydrogens (tertiary/aromatic N) is 2.